The Balaban J connectivity index is 1.70. The van der Waals surface area contributed by atoms with Gasteiger partial charge in [-0.15, -0.1) is 11.3 Å². The number of Topliss-reactive ketones (excluding diaryl/α,β-unsaturated/α-hetero) is 2. The van der Waals surface area contributed by atoms with Crippen LogP contribution in [0.4, 0.5) is 0 Å². The number of rotatable bonds is 5. The van der Waals surface area contributed by atoms with Crippen LogP contribution < -0.4 is 9.47 Å². The van der Waals surface area contributed by atoms with Crippen LogP contribution in [0.1, 0.15) is 32.9 Å². The van der Waals surface area contributed by atoms with Gasteiger partial charge in [0.05, 0.1) is 10.4 Å². The summed E-state index contributed by atoms with van der Waals surface area (Å²) in [6.45, 7) is 0.924. The normalized spacial score (nSPS) is 13.0. The van der Waals surface area contributed by atoms with Gasteiger partial charge in [0.2, 0.25) is 0 Å². The minimum Gasteiger partial charge on any atom is -0.486 e. The zero-order valence-corrected chi connectivity index (χ0v) is 12.2. The molecule has 1 aliphatic rings. The van der Waals surface area contributed by atoms with E-state index in [0.717, 1.165) is 0 Å². The van der Waals surface area contributed by atoms with E-state index in [2.05, 4.69) is 0 Å². The highest BCUT2D eigenvalue weighted by Crippen LogP contribution is 2.34. The highest BCUT2D eigenvalue weighted by atomic mass is 32.1. The van der Waals surface area contributed by atoms with Gasteiger partial charge in [-0.2, -0.15) is 0 Å². The lowest BCUT2D eigenvalue weighted by molar-refractivity contribution is 0.0913. The molecule has 0 saturated heterocycles. The standard InChI is InChI=1S/C16H14O4S/c17-12(6-7-13(18)15-5-2-10-21-15)11-3-1-4-14-16(11)20-9-8-19-14/h1-5,10H,6-9H2. The second-order valence-corrected chi connectivity index (χ2v) is 5.60. The summed E-state index contributed by atoms with van der Waals surface area (Å²) >= 11 is 1.40. The van der Waals surface area contributed by atoms with E-state index in [1.807, 2.05) is 11.4 Å². The molecule has 21 heavy (non-hydrogen) atoms. The van der Waals surface area contributed by atoms with Crippen LogP contribution in [0, 0.1) is 0 Å². The largest absolute Gasteiger partial charge is 0.486 e. The molecule has 1 aromatic carbocycles. The molecule has 0 amide bonds. The van der Waals surface area contributed by atoms with Crippen LogP contribution in [0.25, 0.3) is 0 Å². The maximum atomic E-state index is 12.3. The number of para-hydroxylation sites is 1. The first-order chi connectivity index (χ1) is 10.3. The van der Waals surface area contributed by atoms with E-state index in [9.17, 15) is 9.59 Å². The fourth-order valence-corrected chi connectivity index (χ4v) is 2.91. The SMILES string of the molecule is O=C(CCC(=O)c1cccc2c1OCCO2)c1cccs1. The molecular weight excluding hydrogens is 288 g/mol. The molecule has 5 heteroatoms. The molecule has 2 aromatic rings. The van der Waals surface area contributed by atoms with Crippen LogP contribution in [0.15, 0.2) is 35.7 Å². The summed E-state index contributed by atoms with van der Waals surface area (Å²) in [7, 11) is 0. The van der Waals surface area contributed by atoms with Gasteiger partial charge in [-0.25, -0.2) is 0 Å². The summed E-state index contributed by atoms with van der Waals surface area (Å²) < 4.78 is 11.0. The summed E-state index contributed by atoms with van der Waals surface area (Å²) in [6.07, 6.45) is 0.389. The summed E-state index contributed by atoms with van der Waals surface area (Å²) in [5, 5.41) is 1.85. The molecule has 0 unspecified atom stereocenters. The van der Waals surface area contributed by atoms with E-state index >= 15 is 0 Å². The number of hydrogen-bond acceptors (Lipinski definition) is 5. The number of thiophene rings is 1. The zero-order chi connectivity index (χ0) is 14.7. The van der Waals surface area contributed by atoms with Crippen LogP contribution in [0.5, 0.6) is 11.5 Å². The number of benzene rings is 1. The van der Waals surface area contributed by atoms with E-state index < -0.39 is 0 Å². The van der Waals surface area contributed by atoms with Gasteiger partial charge in [-0.3, -0.25) is 9.59 Å². The molecule has 4 nitrogen and oxygen atoms in total. The molecule has 0 atom stereocenters. The molecule has 0 spiro atoms. The predicted octanol–water partition coefficient (Wildman–Crippen LogP) is 3.37. The van der Waals surface area contributed by atoms with Crippen LogP contribution >= 0.6 is 11.3 Å². The molecule has 0 radical (unpaired) electrons. The molecule has 1 aliphatic heterocycles. The van der Waals surface area contributed by atoms with Gasteiger partial charge in [-0.05, 0) is 23.6 Å². The molecule has 0 aliphatic carbocycles. The van der Waals surface area contributed by atoms with Gasteiger partial charge < -0.3 is 9.47 Å². The van der Waals surface area contributed by atoms with Gasteiger partial charge in [0.25, 0.3) is 0 Å². The van der Waals surface area contributed by atoms with Gasteiger partial charge in [0.1, 0.15) is 13.2 Å². The Morgan fingerprint density at radius 3 is 2.62 bits per heavy atom. The Labute approximate surface area is 126 Å². The Kier molecular flexibility index (Phi) is 4.01. The molecule has 0 fully saturated rings. The fraction of sp³-hybridized carbons (Fsp3) is 0.250. The molecule has 2 heterocycles. The molecule has 3 rings (SSSR count). The van der Waals surface area contributed by atoms with Crippen LogP contribution in [-0.4, -0.2) is 24.8 Å². The monoisotopic (exact) mass is 302 g/mol. The third kappa shape index (κ3) is 2.97. The third-order valence-electron chi connectivity index (χ3n) is 3.24. The Morgan fingerprint density at radius 1 is 1.00 bits per heavy atom. The predicted molar refractivity (Wildman–Crippen MR) is 79.6 cm³/mol. The van der Waals surface area contributed by atoms with Crippen LogP contribution in [0.3, 0.4) is 0 Å². The van der Waals surface area contributed by atoms with Crippen molar-refractivity contribution < 1.29 is 19.1 Å². The Hall–Kier alpha value is -2.14. The summed E-state index contributed by atoms with van der Waals surface area (Å²) in [5.41, 5.74) is 0.492. The molecule has 0 N–H and O–H groups in total. The van der Waals surface area contributed by atoms with Gasteiger partial charge in [0, 0.05) is 12.8 Å². The van der Waals surface area contributed by atoms with Gasteiger partial charge >= 0.3 is 0 Å². The molecule has 108 valence electrons. The minimum atomic E-state index is -0.0951. The molecule has 1 aromatic heterocycles. The number of fused-ring (bicyclic) bond motifs is 1. The van der Waals surface area contributed by atoms with E-state index in [-0.39, 0.29) is 24.4 Å². The zero-order valence-electron chi connectivity index (χ0n) is 11.3. The number of ether oxygens (including phenoxy) is 2. The lowest BCUT2D eigenvalue weighted by Crippen LogP contribution is -2.18. The molecule has 0 saturated carbocycles. The van der Waals surface area contributed by atoms with Gasteiger partial charge in [-0.1, -0.05) is 12.1 Å². The van der Waals surface area contributed by atoms with Crippen molar-refractivity contribution in [1.29, 1.82) is 0 Å². The van der Waals surface area contributed by atoms with Crippen molar-refractivity contribution in [2.24, 2.45) is 0 Å². The highest BCUT2D eigenvalue weighted by Gasteiger charge is 2.21. The summed E-state index contributed by atoms with van der Waals surface area (Å²) in [4.78, 5) is 24.9. The van der Waals surface area contributed by atoms with Crippen molar-refractivity contribution in [2.45, 2.75) is 12.8 Å². The average molecular weight is 302 g/mol. The highest BCUT2D eigenvalue weighted by molar-refractivity contribution is 7.12. The Morgan fingerprint density at radius 2 is 1.81 bits per heavy atom. The number of hydrogen-bond donors (Lipinski definition) is 0. The Bertz CT molecular complexity index is 661. The summed E-state index contributed by atoms with van der Waals surface area (Å²) in [5.74, 6) is 0.997. The van der Waals surface area contributed by atoms with Crippen molar-refractivity contribution in [2.75, 3.05) is 13.2 Å². The maximum Gasteiger partial charge on any atom is 0.173 e. The summed E-state index contributed by atoms with van der Waals surface area (Å²) in [6, 6.07) is 8.87. The van der Waals surface area contributed by atoms with Gasteiger partial charge in [0.15, 0.2) is 23.1 Å². The average Bonchev–Trinajstić information content (AvgIpc) is 3.06. The van der Waals surface area contributed by atoms with Crippen LogP contribution in [-0.2, 0) is 0 Å². The van der Waals surface area contributed by atoms with Crippen molar-refractivity contribution in [1.82, 2.24) is 0 Å². The van der Waals surface area contributed by atoms with E-state index in [1.165, 1.54) is 11.3 Å². The van der Waals surface area contributed by atoms with Crippen molar-refractivity contribution in [3.63, 3.8) is 0 Å². The van der Waals surface area contributed by atoms with E-state index in [4.69, 9.17) is 9.47 Å². The lowest BCUT2D eigenvalue weighted by atomic mass is 10.0. The van der Waals surface area contributed by atoms with E-state index in [1.54, 1.807) is 24.3 Å². The topological polar surface area (TPSA) is 52.6 Å². The van der Waals surface area contributed by atoms with E-state index in [0.29, 0.717) is 35.2 Å². The first-order valence-corrected chi connectivity index (χ1v) is 7.62. The molecular formula is C16H14O4S. The smallest absolute Gasteiger partial charge is 0.173 e. The quantitative estimate of drug-likeness (QED) is 0.795. The second-order valence-electron chi connectivity index (χ2n) is 4.65. The van der Waals surface area contributed by atoms with Crippen molar-refractivity contribution >= 4 is 22.9 Å². The lowest BCUT2D eigenvalue weighted by Gasteiger charge is -2.20. The maximum absolute atomic E-state index is 12.3. The van der Waals surface area contributed by atoms with Crippen molar-refractivity contribution in [3.05, 3.63) is 46.2 Å². The fourth-order valence-electron chi connectivity index (χ4n) is 2.22. The van der Waals surface area contributed by atoms with Crippen LogP contribution in [0.2, 0.25) is 0 Å². The second kappa shape index (κ2) is 6.10. The molecule has 0 bridgehead atoms. The minimum absolute atomic E-state index is 0.000294. The van der Waals surface area contributed by atoms with Crippen molar-refractivity contribution in [3.8, 4) is 11.5 Å². The number of carbonyl (C=O) groups is 2. The number of carbonyl (C=O) groups excluding carboxylic acids is 2. The first kappa shape index (κ1) is 13.8. The third-order valence-corrected chi connectivity index (χ3v) is 4.15. The number of ketones is 2. The first-order valence-electron chi connectivity index (χ1n) is 6.74.